The summed E-state index contributed by atoms with van der Waals surface area (Å²) >= 11 is 2.85. The summed E-state index contributed by atoms with van der Waals surface area (Å²) in [5, 5.41) is 3.41. The first-order valence-corrected chi connectivity index (χ1v) is 2.60. The molecule has 1 heterocycles. The zero-order valence-electron chi connectivity index (χ0n) is 10.8. The number of hydrogen-bond acceptors (Lipinski definition) is 1. The molecule has 8 heavy (non-hydrogen) atoms. The van der Waals surface area contributed by atoms with E-state index in [9.17, 15) is 0 Å². The van der Waals surface area contributed by atoms with Crippen LogP contribution in [0.3, 0.4) is 0 Å². The molecule has 0 amide bonds. The SMILES string of the molecule is [2H]c1c(Br)c(C([2H])([2H])[2H])nn1C([2H])([2H])[2H]. The quantitative estimate of drug-likeness (QED) is 0.594. The van der Waals surface area contributed by atoms with E-state index in [2.05, 4.69) is 21.0 Å². The zero-order valence-corrected chi connectivity index (χ0v) is 5.36. The van der Waals surface area contributed by atoms with E-state index in [1.165, 1.54) is 0 Å². The van der Waals surface area contributed by atoms with Gasteiger partial charge < -0.3 is 0 Å². The smallest absolute Gasteiger partial charge is 0.0849 e. The predicted octanol–water partition coefficient (Wildman–Crippen LogP) is 1.49. The van der Waals surface area contributed by atoms with Gasteiger partial charge in [0.05, 0.1) is 11.5 Å². The van der Waals surface area contributed by atoms with E-state index in [1.54, 1.807) is 0 Å². The van der Waals surface area contributed by atoms with Crippen LogP contribution in [0.1, 0.15) is 15.3 Å². The van der Waals surface area contributed by atoms with Gasteiger partial charge in [0.1, 0.15) is 0 Å². The maximum atomic E-state index is 7.40. The summed E-state index contributed by atoms with van der Waals surface area (Å²) in [5.41, 5.74) is -0.413. The number of aryl methyl sites for hydroxylation is 2. The minimum Gasteiger partial charge on any atom is -0.274 e. The van der Waals surface area contributed by atoms with Crippen LogP contribution in [0, 0.1) is 6.85 Å². The molecular formula is C5H7BrN2. The van der Waals surface area contributed by atoms with E-state index in [0.29, 0.717) is 4.68 Å². The van der Waals surface area contributed by atoms with E-state index < -0.39 is 25.7 Å². The van der Waals surface area contributed by atoms with Crippen molar-refractivity contribution in [1.82, 2.24) is 9.78 Å². The number of hydrogen-bond donors (Lipinski definition) is 0. The maximum Gasteiger partial charge on any atom is 0.0849 e. The predicted molar refractivity (Wildman–Crippen MR) is 35.6 cm³/mol. The molecule has 1 rings (SSSR count). The number of aromatic nitrogens is 2. The Labute approximate surface area is 66.5 Å². The summed E-state index contributed by atoms with van der Waals surface area (Å²) in [4.78, 5) is 0. The van der Waals surface area contributed by atoms with Gasteiger partial charge in [-0.2, -0.15) is 5.10 Å². The fourth-order valence-electron chi connectivity index (χ4n) is 0.315. The van der Waals surface area contributed by atoms with Crippen LogP contribution >= 0.6 is 15.9 Å². The van der Waals surface area contributed by atoms with Crippen LogP contribution in [0.4, 0.5) is 0 Å². The Morgan fingerprint density at radius 2 is 3.00 bits per heavy atom. The second-order valence-electron chi connectivity index (χ2n) is 1.19. The van der Waals surface area contributed by atoms with Gasteiger partial charge in [0.15, 0.2) is 0 Å². The molecule has 0 aliphatic heterocycles. The number of nitrogens with zero attached hydrogens (tertiary/aromatic N) is 2. The van der Waals surface area contributed by atoms with Crippen LogP contribution in [0.15, 0.2) is 10.6 Å². The van der Waals surface area contributed by atoms with Crippen molar-refractivity contribution in [1.29, 1.82) is 0 Å². The van der Waals surface area contributed by atoms with E-state index in [1.807, 2.05) is 0 Å². The average molecular weight is 182 g/mol. The molecule has 3 heteroatoms. The summed E-state index contributed by atoms with van der Waals surface area (Å²) in [6, 6.07) is 0. The van der Waals surface area contributed by atoms with E-state index in [-0.39, 0.29) is 4.47 Å². The maximum absolute atomic E-state index is 7.40. The normalized spacial score (nSPS) is 25.9. The minimum atomic E-state index is -2.65. The Balaban J connectivity index is 3.38. The molecule has 0 fully saturated rings. The van der Waals surface area contributed by atoms with Crippen molar-refractivity contribution in [3.05, 3.63) is 16.3 Å². The van der Waals surface area contributed by atoms with E-state index in [0.717, 1.165) is 0 Å². The van der Waals surface area contributed by atoms with Crippen molar-refractivity contribution in [2.75, 3.05) is 0 Å². The van der Waals surface area contributed by atoms with Crippen LogP contribution in [0.25, 0.3) is 0 Å². The lowest BCUT2D eigenvalue weighted by Gasteiger charge is -1.79. The fraction of sp³-hybridized carbons (Fsp3) is 0.400. The first kappa shape index (κ1) is 1.59. The van der Waals surface area contributed by atoms with Gasteiger partial charge in [0, 0.05) is 21.4 Å². The molecule has 0 atom stereocenters. The molecule has 2 nitrogen and oxygen atoms in total. The lowest BCUT2D eigenvalue weighted by molar-refractivity contribution is 0.756. The molecule has 0 aliphatic rings. The molecule has 1 aromatic heterocycles. The summed E-state index contributed by atoms with van der Waals surface area (Å²) in [5.74, 6) is 0. The van der Waals surface area contributed by atoms with Crippen molar-refractivity contribution < 1.29 is 9.60 Å². The first-order chi connectivity index (χ1) is 6.55. The van der Waals surface area contributed by atoms with Crippen molar-refractivity contribution in [2.45, 2.75) is 6.85 Å². The Hall–Kier alpha value is -0.310. The van der Waals surface area contributed by atoms with Gasteiger partial charge in [-0.15, -0.1) is 0 Å². The highest BCUT2D eigenvalue weighted by Gasteiger charge is 1.94. The molecule has 0 saturated heterocycles. The topological polar surface area (TPSA) is 17.8 Å². The van der Waals surface area contributed by atoms with Gasteiger partial charge in [0.2, 0.25) is 0 Å². The molecule has 0 aromatic carbocycles. The Kier molecular flexibility index (Phi) is 0.378. The lowest BCUT2D eigenvalue weighted by atomic mass is 10.5. The monoisotopic (exact) mass is 181 g/mol. The summed E-state index contributed by atoms with van der Waals surface area (Å²) in [6.07, 6.45) is -0.471. The van der Waals surface area contributed by atoms with Crippen LogP contribution in [0.2, 0.25) is 0 Å². The molecule has 0 unspecified atom stereocenters. The third-order valence-electron chi connectivity index (χ3n) is 0.612. The zero-order chi connectivity index (χ0) is 12.0. The second kappa shape index (κ2) is 1.90. The van der Waals surface area contributed by atoms with Crippen LogP contribution < -0.4 is 0 Å². The van der Waals surface area contributed by atoms with Gasteiger partial charge in [-0.05, 0) is 22.8 Å². The first-order valence-electron chi connectivity index (χ1n) is 5.31. The van der Waals surface area contributed by atoms with Crippen LogP contribution in [-0.2, 0) is 6.98 Å². The molecule has 0 aliphatic carbocycles. The number of halogens is 1. The van der Waals surface area contributed by atoms with Gasteiger partial charge in [0.25, 0.3) is 0 Å². The molecular weight excluding hydrogens is 168 g/mol. The molecule has 44 valence electrons. The van der Waals surface area contributed by atoms with Crippen molar-refractivity contribution in [3.8, 4) is 0 Å². The van der Waals surface area contributed by atoms with Crippen molar-refractivity contribution >= 4 is 15.9 Å². The third kappa shape index (κ3) is 0.916. The summed E-state index contributed by atoms with van der Waals surface area (Å²) in [7, 11) is 0. The highest BCUT2D eigenvalue weighted by molar-refractivity contribution is 9.10. The second-order valence-corrected chi connectivity index (χ2v) is 1.98. The Bertz CT molecular complexity index is 341. The minimum absolute atomic E-state index is 0.112. The van der Waals surface area contributed by atoms with Crippen molar-refractivity contribution in [3.63, 3.8) is 0 Å². The highest BCUT2D eigenvalue weighted by atomic mass is 79.9. The highest BCUT2D eigenvalue weighted by Crippen LogP contribution is 2.11. The molecule has 0 bridgehead atoms. The molecule has 0 radical (unpaired) electrons. The van der Waals surface area contributed by atoms with E-state index >= 15 is 0 Å². The van der Waals surface area contributed by atoms with Crippen molar-refractivity contribution in [2.24, 2.45) is 6.98 Å². The molecule has 1 aromatic rings. The average Bonchev–Trinajstić information content (AvgIpc) is 2.26. The molecule has 0 N–H and O–H groups in total. The summed E-state index contributed by atoms with van der Waals surface area (Å²) < 4.78 is 50.1. The van der Waals surface area contributed by atoms with Gasteiger partial charge in [-0.3, -0.25) is 4.68 Å². The lowest BCUT2D eigenvalue weighted by Crippen LogP contribution is -1.86. The number of rotatable bonds is 0. The summed E-state index contributed by atoms with van der Waals surface area (Å²) in [6.45, 7) is -5.19. The largest absolute Gasteiger partial charge is 0.274 e. The fourth-order valence-corrected chi connectivity index (χ4v) is 0.562. The van der Waals surface area contributed by atoms with Gasteiger partial charge in [-0.25, -0.2) is 0 Å². The Morgan fingerprint density at radius 3 is 3.38 bits per heavy atom. The van der Waals surface area contributed by atoms with Crippen LogP contribution in [0.5, 0.6) is 0 Å². The third-order valence-corrected chi connectivity index (χ3v) is 1.16. The van der Waals surface area contributed by atoms with Gasteiger partial charge in [-0.1, -0.05) is 0 Å². The molecule has 0 spiro atoms. The van der Waals surface area contributed by atoms with E-state index in [4.69, 9.17) is 9.60 Å². The Morgan fingerprint density at radius 1 is 2.12 bits per heavy atom. The standard InChI is InChI=1S/C5H7BrN2/c1-4-5(6)3-8(2)7-4/h3H,1-2H3/i1D3,2D3,3D. The molecule has 0 saturated carbocycles. The van der Waals surface area contributed by atoms with Gasteiger partial charge >= 0.3 is 0 Å². The van der Waals surface area contributed by atoms with Crippen LogP contribution in [-0.4, -0.2) is 9.78 Å².